The van der Waals surface area contributed by atoms with E-state index >= 15 is 0 Å². The number of methoxy groups -OCH3 is 1. The monoisotopic (exact) mass is 339 g/mol. The second-order valence-corrected chi connectivity index (χ2v) is 6.95. The highest BCUT2D eigenvalue weighted by molar-refractivity contribution is 5.78. The average Bonchev–Trinajstić information content (AvgIpc) is 3.11. The van der Waals surface area contributed by atoms with Crippen molar-refractivity contribution in [3.8, 4) is 16.9 Å². The van der Waals surface area contributed by atoms with Crippen molar-refractivity contribution in [2.75, 3.05) is 12.0 Å². The van der Waals surface area contributed by atoms with Gasteiger partial charge in [0.05, 0.1) is 25.1 Å². The predicted octanol–water partition coefficient (Wildman–Crippen LogP) is 4.27. The molecule has 1 fully saturated rings. The smallest absolute Gasteiger partial charge is 0.186 e. The fourth-order valence-electron chi connectivity index (χ4n) is 3.70. The SMILES string of the molecule is C=C(OC)N1c2ccc(-c3cn[nH]c3)c(OC3CCC3)c2CC[C@@H]1C. The Morgan fingerprint density at radius 2 is 2.16 bits per heavy atom. The molecule has 1 aromatic heterocycles. The molecule has 0 bridgehead atoms. The summed E-state index contributed by atoms with van der Waals surface area (Å²) < 4.78 is 11.9. The molecule has 5 nitrogen and oxygen atoms in total. The van der Waals surface area contributed by atoms with Crippen molar-refractivity contribution in [2.24, 2.45) is 0 Å². The zero-order chi connectivity index (χ0) is 17.4. The quantitative estimate of drug-likeness (QED) is 0.827. The average molecular weight is 339 g/mol. The van der Waals surface area contributed by atoms with Crippen LogP contribution in [0.4, 0.5) is 5.69 Å². The lowest BCUT2D eigenvalue weighted by atomic mass is 9.91. The number of hydrogen-bond donors (Lipinski definition) is 1. The molecule has 1 aliphatic heterocycles. The van der Waals surface area contributed by atoms with Gasteiger partial charge in [0, 0.05) is 28.9 Å². The van der Waals surface area contributed by atoms with Gasteiger partial charge in [0.1, 0.15) is 5.75 Å². The number of H-pyrrole nitrogens is 1. The van der Waals surface area contributed by atoms with Crippen LogP contribution in [0, 0.1) is 0 Å². The van der Waals surface area contributed by atoms with E-state index in [1.54, 1.807) is 7.11 Å². The van der Waals surface area contributed by atoms with Crippen molar-refractivity contribution in [3.63, 3.8) is 0 Å². The Morgan fingerprint density at radius 3 is 2.80 bits per heavy atom. The van der Waals surface area contributed by atoms with Crippen LogP contribution < -0.4 is 9.64 Å². The van der Waals surface area contributed by atoms with Crippen LogP contribution >= 0.6 is 0 Å². The molecular formula is C20H25N3O2. The summed E-state index contributed by atoms with van der Waals surface area (Å²) in [5, 5.41) is 7.02. The Kier molecular flexibility index (Phi) is 4.15. The third-order valence-corrected chi connectivity index (χ3v) is 5.40. The molecule has 2 aromatic rings. The van der Waals surface area contributed by atoms with E-state index in [4.69, 9.17) is 9.47 Å². The molecule has 1 atom stereocenters. The first-order valence-corrected chi connectivity index (χ1v) is 9.03. The fraction of sp³-hybridized carbons (Fsp3) is 0.450. The first-order chi connectivity index (χ1) is 12.2. The van der Waals surface area contributed by atoms with Gasteiger partial charge in [-0.1, -0.05) is 0 Å². The molecule has 5 heteroatoms. The predicted molar refractivity (Wildman–Crippen MR) is 98.7 cm³/mol. The molecule has 0 saturated heterocycles. The van der Waals surface area contributed by atoms with Crippen molar-refractivity contribution in [3.05, 3.63) is 42.6 Å². The van der Waals surface area contributed by atoms with Gasteiger partial charge in [0.15, 0.2) is 5.88 Å². The maximum Gasteiger partial charge on any atom is 0.186 e. The molecule has 2 heterocycles. The zero-order valence-electron chi connectivity index (χ0n) is 14.9. The highest BCUT2D eigenvalue weighted by atomic mass is 16.5. The Hall–Kier alpha value is -2.43. The lowest BCUT2D eigenvalue weighted by Crippen LogP contribution is -2.37. The molecule has 2 aliphatic rings. The van der Waals surface area contributed by atoms with Crippen LogP contribution in [0.25, 0.3) is 11.1 Å². The number of anilines is 1. The van der Waals surface area contributed by atoms with E-state index in [2.05, 4.69) is 40.7 Å². The molecule has 1 aromatic carbocycles. The van der Waals surface area contributed by atoms with Crippen LogP contribution in [0.15, 0.2) is 37.0 Å². The number of benzene rings is 1. The number of rotatable bonds is 5. The standard InChI is InChI=1S/C20H25N3O2/c1-13-7-8-18-19(23(13)14(2)24-3)10-9-17(15-11-21-22-12-15)20(18)25-16-5-4-6-16/h9-13,16H,2,4-8H2,1,3H3,(H,21,22)/t13-/m0/s1. The number of nitrogens with one attached hydrogen (secondary N) is 1. The minimum absolute atomic E-state index is 0.329. The van der Waals surface area contributed by atoms with E-state index in [1.165, 1.54) is 12.0 Å². The third kappa shape index (κ3) is 2.77. The number of fused-ring (bicyclic) bond motifs is 1. The fourth-order valence-corrected chi connectivity index (χ4v) is 3.70. The van der Waals surface area contributed by atoms with Crippen molar-refractivity contribution in [2.45, 2.75) is 51.2 Å². The van der Waals surface area contributed by atoms with Gasteiger partial charge >= 0.3 is 0 Å². The number of aromatic nitrogens is 2. The second-order valence-electron chi connectivity index (χ2n) is 6.95. The summed E-state index contributed by atoms with van der Waals surface area (Å²) in [4.78, 5) is 2.19. The highest BCUT2D eigenvalue weighted by Crippen LogP contribution is 2.45. The summed E-state index contributed by atoms with van der Waals surface area (Å²) in [5.41, 5.74) is 4.57. The molecule has 1 aliphatic carbocycles. The maximum atomic E-state index is 6.46. The summed E-state index contributed by atoms with van der Waals surface area (Å²) in [6, 6.07) is 4.65. The first kappa shape index (κ1) is 16.1. The van der Waals surface area contributed by atoms with Crippen LogP contribution in [-0.2, 0) is 11.2 Å². The van der Waals surface area contributed by atoms with E-state index in [0.717, 1.165) is 48.2 Å². The van der Waals surface area contributed by atoms with E-state index in [-0.39, 0.29) is 0 Å². The normalized spacial score (nSPS) is 19.9. The van der Waals surface area contributed by atoms with Crippen molar-refractivity contribution < 1.29 is 9.47 Å². The van der Waals surface area contributed by atoms with Crippen molar-refractivity contribution >= 4 is 5.69 Å². The second kappa shape index (κ2) is 6.47. The minimum Gasteiger partial charge on any atom is -0.489 e. The summed E-state index contributed by atoms with van der Waals surface area (Å²) in [6.45, 7) is 6.30. The molecule has 132 valence electrons. The van der Waals surface area contributed by atoms with Gasteiger partial charge in [0.2, 0.25) is 0 Å². The number of hydrogen-bond acceptors (Lipinski definition) is 4. The highest BCUT2D eigenvalue weighted by Gasteiger charge is 2.31. The molecule has 25 heavy (non-hydrogen) atoms. The summed E-state index contributed by atoms with van der Waals surface area (Å²) in [6.07, 6.45) is 9.68. The van der Waals surface area contributed by atoms with Gasteiger partial charge in [-0.05, 0) is 57.7 Å². The number of nitrogens with zero attached hydrogens (tertiary/aromatic N) is 2. The molecule has 1 saturated carbocycles. The molecule has 1 N–H and O–H groups in total. The lowest BCUT2D eigenvalue weighted by Gasteiger charge is -2.39. The van der Waals surface area contributed by atoms with Gasteiger partial charge in [0.25, 0.3) is 0 Å². The molecule has 4 rings (SSSR count). The van der Waals surface area contributed by atoms with Crippen LogP contribution in [0.3, 0.4) is 0 Å². The third-order valence-electron chi connectivity index (χ3n) is 5.40. The Labute approximate surface area is 148 Å². The minimum atomic E-state index is 0.329. The van der Waals surface area contributed by atoms with E-state index in [9.17, 15) is 0 Å². The van der Waals surface area contributed by atoms with Crippen molar-refractivity contribution in [1.82, 2.24) is 10.2 Å². The van der Waals surface area contributed by atoms with E-state index in [1.807, 2.05) is 12.4 Å². The largest absolute Gasteiger partial charge is 0.489 e. The topological polar surface area (TPSA) is 50.4 Å². The van der Waals surface area contributed by atoms with Crippen LogP contribution in [0.1, 0.15) is 38.2 Å². The summed E-state index contributed by atoms with van der Waals surface area (Å²) >= 11 is 0. The molecule has 0 amide bonds. The Bertz CT molecular complexity index is 765. The van der Waals surface area contributed by atoms with E-state index in [0.29, 0.717) is 18.0 Å². The van der Waals surface area contributed by atoms with Gasteiger partial charge in [-0.25, -0.2) is 0 Å². The number of aromatic amines is 1. The van der Waals surface area contributed by atoms with Crippen LogP contribution in [0.2, 0.25) is 0 Å². The van der Waals surface area contributed by atoms with E-state index < -0.39 is 0 Å². The van der Waals surface area contributed by atoms with Gasteiger partial charge in [-0.2, -0.15) is 5.10 Å². The van der Waals surface area contributed by atoms with Crippen LogP contribution in [-0.4, -0.2) is 29.5 Å². The number of ether oxygens (including phenoxy) is 2. The van der Waals surface area contributed by atoms with Gasteiger partial charge < -0.3 is 14.4 Å². The zero-order valence-corrected chi connectivity index (χ0v) is 14.9. The molecule has 0 radical (unpaired) electrons. The maximum absolute atomic E-state index is 6.46. The van der Waals surface area contributed by atoms with Gasteiger partial charge in [-0.15, -0.1) is 0 Å². The van der Waals surface area contributed by atoms with Gasteiger partial charge in [-0.3, -0.25) is 5.10 Å². The Balaban J connectivity index is 1.83. The Morgan fingerprint density at radius 1 is 1.32 bits per heavy atom. The van der Waals surface area contributed by atoms with Crippen LogP contribution in [0.5, 0.6) is 5.75 Å². The summed E-state index contributed by atoms with van der Waals surface area (Å²) in [5.74, 6) is 1.68. The molecule has 0 spiro atoms. The first-order valence-electron chi connectivity index (χ1n) is 9.03. The van der Waals surface area contributed by atoms with Crippen molar-refractivity contribution in [1.29, 1.82) is 0 Å². The molecule has 0 unspecified atom stereocenters. The summed E-state index contributed by atoms with van der Waals surface area (Å²) in [7, 11) is 1.68. The molecular weight excluding hydrogens is 314 g/mol. The lowest BCUT2D eigenvalue weighted by molar-refractivity contribution is 0.119.